The fourth-order valence-corrected chi connectivity index (χ4v) is 12.0. The van der Waals surface area contributed by atoms with Gasteiger partial charge in [-0.2, -0.15) is 0 Å². The Labute approximate surface area is 272 Å². The Morgan fingerprint density at radius 3 is 0.951 bits per heavy atom. The lowest BCUT2D eigenvalue weighted by atomic mass is 10.1. The minimum Gasteiger partial charge on any atom is -0.350 e. The summed E-state index contributed by atoms with van der Waals surface area (Å²) >= 11 is 8.91. The third-order valence-electron chi connectivity index (χ3n) is 7.82. The van der Waals surface area contributed by atoms with Crippen molar-refractivity contribution >= 4 is 39.2 Å². The highest BCUT2D eigenvalue weighted by Gasteiger charge is 2.13. The summed E-state index contributed by atoms with van der Waals surface area (Å²) in [5.41, 5.74) is 0. The fraction of sp³-hybridized carbons (Fsp3) is 0.889. The quantitative estimate of drug-likeness (QED) is 0.0426. The van der Waals surface area contributed by atoms with E-state index in [9.17, 15) is 4.89 Å². The standard InChI is InChI=1S/C36H71OPS3/c1-3-5-7-9-11-13-15-17-19-21-23-25-27-29-31-33-35-40-38(37,39)41-36-34-32-30-28-26-24-22-20-18-16-14-12-10-8-6-4-2/h17-20H,3-16,21-36H2,1-2H3,(H,37,39). The molecule has 0 aliphatic carbocycles. The van der Waals surface area contributed by atoms with E-state index in [1.54, 1.807) is 22.8 Å². The van der Waals surface area contributed by atoms with Crippen molar-refractivity contribution in [3.05, 3.63) is 24.3 Å². The van der Waals surface area contributed by atoms with Crippen LogP contribution in [0.2, 0.25) is 0 Å². The topological polar surface area (TPSA) is 20.2 Å². The van der Waals surface area contributed by atoms with Crippen molar-refractivity contribution in [1.82, 2.24) is 0 Å². The molecule has 0 unspecified atom stereocenters. The van der Waals surface area contributed by atoms with Crippen LogP contribution in [0.15, 0.2) is 24.3 Å². The molecule has 0 aliphatic rings. The summed E-state index contributed by atoms with van der Waals surface area (Å²) in [5.74, 6) is 2.07. The molecule has 0 spiro atoms. The monoisotopic (exact) mass is 646 g/mol. The lowest BCUT2D eigenvalue weighted by Gasteiger charge is -2.13. The third-order valence-corrected chi connectivity index (χ3v) is 16.3. The van der Waals surface area contributed by atoms with Gasteiger partial charge in [0.05, 0.1) is 0 Å². The van der Waals surface area contributed by atoms with Crippen LogP contribution in [-0.4, -0.2) is 16.4 Å². The first-order valence-electron chi connectivity index (χ1n) is 18.0. The number of hydrogen-bond acceptors (Lipinski definition) is 3. The van der Waals surface area contributed by atoms with Crippen molar-refractivity contribution in [3.8, 4) is 0 Å². The molecule has 0 saturated heterocycles. The molecule has 0 rings (SSSR count). The highest BCUT2D eigenvalue weighted by molar-refractivity contribution is 8.98. The maximum absolute atomic E-state index is 10.6. The van der Waals surface area contributed by atoms with Gasteiger partial charge in [-0.3, -0.25) is 0 Å². The van der Waals surface area contributed by atoms with Gasteiger partial charge in [-0.15, -0.1) is 0 Å². The Kier molecular flexibility index (Phi) is 36.0. The normalized spacial score (nSPS) is 13.5. The predicted molar refractivity (Wildman–Crippen MR) is 200 cm³/mol. The summed E-state index contributed by atoms with van der Waals surface area (Å²) in [7, 11) is 0. The summed E-state index contributed by atoms with van der Waals surface area (Å²) in [5, 5.41) is 0. The van der Waals surface area contributed by atoms with Gasteiger partial charge in [0.2, 0.25) is 0 Å². The van der Waals surface area contributed by atoms with E-state index in [2.05, 4.69) is 38.2 Å². The fourth-order valence-electron chi connectivity index (χ4n) is 5.10. The largest absolute Gasteiger partial charge is 0.350 e. The Hall–Kier alpha value is 0.790. The average Bonchev–Trinajstić information content (AvgIpc) is 2.96. The van der Waals surface area contributed by atoms with Crippen LogP contribution < -0.4 is 0 Å². The summed E-state index contributed by atoms with van der Waals surface area (Å²) in [6.45, 7) is 4.57. The lowest BCUT2D eigenvalue weighted by Crippen LogP contribution is -1.85. The van der Waals surface area contributed by atoms with Crippen LogP contribution in [0.5, 0.6) is 0 Å². The summed E-state index contributed by atoms with van der Waals surface area (Å²) < 4.78 is -2.22. The van der Waals surface area contributed by atoms with E-state index in [1.807, 2.05) is 0 Å². The molecular formula is C36H71OPS3. The molecule has 5 heteroatoms. The van der Waals surface area contributed by atoms with Crippen LogP contribution in [0.1, 0.15) is 194 Å². The third kappa shape index (κ3) is 36.9. The van der Waals surface area contributed by atoms with Gasteiger partial charge in [-0.1, -0.05) is 176 Å². The minimum absolute atomic E-state index is 1.04. The Balaban J connectivity index is 3.35. The van der Waals surface area contributed by atoms with Crippen LogP contribution in [0.4, 0.5) is 0 Å². The van der Waals surface area contributed by atoms with Crippen molar-refractivity contribution in [3.63, 3.8) is 0 Å². The van der Waals surface area contributed by atoms with E-state index in [0.29, 0.717) is 0 Å². The maximum atomic E-state index is 10.6. The van der Waals surface area contributed by atoms with E-state index in [1.165, 1.54) is 180 Å². The maximum Gasteiger partial charge on any atom is 0.172 e. The zero-order valence-electron chi connectivity index (χ0n) is 27.6. The van der Waals surface area contributed by atoms with Gasteiger partial charge < -0.3 is 4.89 Å². The smallest absolute Gasteiger partial charge is 0.172 e. The second kappa shape index (κ2) is 35.3. The molecule has 0 bridgehead atoms. The molecule has 0 saturated carbocycles. The number of unbranched alkanes of at least 4 members (excludes halogenated alkanes) is 24. The van der Waals surface area contributed by atoms with E-state index >= 15 is 0 Å². The SMILES string of the molecule is CCCCCCCCC=CCCCCCCCCSP(O)(=S)SCCCCCCCCC=CCCCCCCCC. The predicted octanol–water partition coefficient (Wildman–Crippen LogP) is 14.7. The van der Waals surface area contributed by atoms with Gasteiger partial charge in [0.25, 0.3) is 0 Å². The summed E-state index contributed by atoms with van der Waals surface area (Å²) in [6, 6.07) is 0. The van der Waals surface area contributed by atoms with Crippen LogP contribution in [-0.2, 0) is 11.8 Å². The molecule has 0 aromatic carbocycles. The van der Waals surface area contributed by atoms with Crippen molar-refractivity contribution in [2.45, 2.75) is 194 Å². The summed E-state index contributed by atoms with van der Waals surface area (Å²) in [6.07, 6.45) is 47.2. The molecule has 244 valence electrons. The van der Waals surface area contributed by atoms with E-state index < -0.39 is 4.67 Å². The Morgan fingerprint density at radius 2 is 0.659 bits per heavy atom. The molecule has 41 heavy (non-hydrogen) atoms. The number of rotatable bonds is 34. The number of allylic oxidation sites excluding steroid dienone is 4. The van der Waals surface area contributed by atoms with Gasteiger partial charge in [0, 0.05) is 11.5 Å². The van der Waals surface area contributed by atoms with Crippen LogP contribution in [0, 0.1) is 0 Å². The molecule has 1 N–H and O–H groups in total. The molecule has 0 aromatic rings. The first kappa shape index (κ1) is 41.8. The highest BCUT2D eigenvalue weighted by atomic mass is 33.2. The van der Waals surface area contributed by atoms with Crippen LogP contribution in [0.25, 0.3) is 0 Å². The van der Waals surface area contributed by atoms with Crippen LogP contribution >= 0.6 is 27.4 Å². The molecule has 1 nitrogen and oxygen atoms in total. The van der Waals surface area contributed by atoms with Crippen LogP contribution in [0.3, 0.4) is 0 Å². The van der Waals surface area contributed by atoms with Gasteiger partial charge in [-0.25, -0.2) is 0 Å². The Bertz CT molecular complexity index is 560. The van der Waals surface area contributed by atoms with Crippen molar-refractivity contribution < 1.29 is 4.89 Å². The van der Waals surface area contributed by atoms with Gasteiger partial charge in [-0.05, 0) is 76.0 Å². The second-order valence-corrected chi connectivity index (χ2v) is 22.7. The molecule has 0 fully saturated rings. The molecule has 0 atom stereocenters. The van der Waals surface area contributed by atoms with Gasteiger partial charge in [0.15, 0.2) is 4.67 Å². The number of hydrogen-bond donors (Lipinski definition) is 1. The van der Waals surface area contributed by atoms with Gasteiger partial charge in [0.1, 0.15) is 0 Å². The molecule has 0 amide bonds. The molecule has 0 aliphatic heterocycles. The van der Waals surface area contributed by atoms with E-state index in [4.69, 9.17) is 11.8 Å². The Morgan fingerprint density at radius 1 is 0.415 bits per heavy atom. The zero-order valence-corrected chi connectivity index (χ0v) is 31.0. The lowest BCUT2D eigenvalue weighted by molar-refractivity contribution is 0.607. The van der Waals surface area contributed by atoms with Crippen molar-refractivity contribution in [1.29, 1.82) is 0 Å². The van der Waals surface area contributed by atoms with E-state index in [-0.39, 0.29) is 0 Å². The average molecular weight is 647 g/mol. The van der Waals surface area contributed by atoms with Gasteiger partial charge >= 0.3 is 0 Å². The zero-order chi connectivity index (χ0) is 30.0. The van der Waals surface area contributed by atoms with Crippen molar-refractivity contribution in [2.75, 3.05) is 11.5 Å². The highest BCUT2D eigenvalue weighted by Crippen LogP contribution is 2.66. The molecular weight excluding hydrogens is 576 g/mol. The van der Waals surface area contributed by atoms with E-state index in [0.717, 1.165) is 11.5 Å². The molecule has 0 aromatic heterocycles. The second-order valence-electron chi connectivity index (χ2n) is 12.0. The molecule has 0 radical (unpaired) electrons. The summed E-state index contributed by atoms with van der Waals surface area (Å²) in [4.78, 5) is 10.6. The minimum atomic E-state index is -2.22. The molecule has 0 heterocycles. The first-order valence-corrected chi connectivity index (χ1v) is 24.0. The first-order chi connectivity index (χ1) is 20.1. The van der Waals surface area contributed by atoms with Crippen molar-refractivity contribution in [2.24, 2.45) is 0 Å².